The number of methoxy groups -OCH3 is 1. The molecule has 2 aliphatic rings. The smallest absolute Gasteiger partial charge is 0.280 e. The van der Waals surface area contributed by atoms with Gasteiger partial charge in [0, 0.05) is 18.3 Å². The molecular formula is C24H26F4N8O2. The van der Waals surface area contributed by atoms with Gasteiger partial charge in [0.25, 0.3) is 12.3 Å². The molecule has 1 N–H and O–H groups in total. The van der Waals surface area contributed by atoms with E-state index < -0.39 is 24.9 Å². The van der Waals surface area contributed by atoms with E-state index in [1.54, 1.807) is 35.4 Å². The van der Waals surface area contributed by atoms with Crippen LogP contribution in [0.1, 0.15) is 13.3 Å². The zero-order valence-corrected chi connectivity index (χ0v) is 20.7. The monoisotopic (exact) mass is 534 g/mol. The molecule has 10 nitrogen and oxygen atoms in total. The normalized spacial score (nSPS) is 21.2. The SMILES string of the molecule is COc1nc(NC2CCN(C3(C)COC3)CC2(F)F)nn2ccc(-c3ccc4nnn(CC(F)F)c4c3)c12. The average molecular weight is 535 g/mol. The predicted molar refractivity (Wildman–Crippen MR) is 130 cm³/mol. The van der Waals surface area contributed by atoms with Crippen molar-refractivity contribution in [2.24, 2.45) is 0 Å². The maximum atomic E-state index is 15.1. The molecule has 2 saturated heterocycles. The first-order valence-electron chi connectivity index (χ1n) is 12.2. The van der Waals surface area contributed by atoms with Gasteiger partial charge in [-0.05, 0) is 37.1 Å². The average Bonchev–Trinajstić information content (AvgIpc) is 3.46. The number of nitrogens with zero attached hydrogens (tertiary/aromatic N) is 7. The lowest BCUT2D eigenvalue weighted by molar-refractivity contribution is -0.174. The van der Waals surface area contributed by atoms with Crippen molar-refractivity contribution in [1.29, 1.82) is 0 Å². The van der Waals surface area contributed by atoms with Crippen LogP contribution in [-0.4, -0.2) is 91.8 Å². The van der Waals surface area contributed by atoms with Crippen molar-refractivity contribution < 1.29 is 27.0 Å². The molecule has 5 heterocycles. The summed E-state index contributed by atoms with van der Waals surface area (Å²) in [4.78, 5) is 6.17. The van der Waals surface area contributed by atoms with E-state index in [4.69, 9.17) is 9.47 Å². The molecule has 1 unspecified atom stereocenters. The van der Waals surface area contributed by atoms with Crippen LogP contribution in [0.5, 0.6) is 5.88 Å². The minimum atomic E-state index is -3.01. The molecular weight excluding hydrogens is 508 g/mol. The fourth-order valence-electron chi connectivity index (χ4n) is 5.14. The van der Waals surface area contributed by atoms with Crippen molar-refractivity contribution in [3.8, 4) is 17.0 Å². The Morgan fingerprint density at radius 3 is 2.74 bits per heavy atom. The van der Waals surface area contributed by atoms with Crippen LogP contribution >= 0.6 is 0 Å². The summed E-state index contributed by atoms with van der Waals surface area (Å²) in [7, 11) is 1.43. The number of likely N-dealkylation sites (tertiary alicyclic amines) is 1. The number of rotatable bonds is 7. The number of fused-ring (bicyclic) bond motifs is 2. The van der Waals surface area contributed by atoms with E-state index in [0.29, 0.717) is 47.4 Å². The van der Waals surface area contributed by atoms with Crippen LogP contribution in [0.4, 0.5) is 23.5 Å². The number of halogens is 4. The molecule has 1 aromatic carbocycles. The number of nitrogens with one attached hydrogen (secondary N) is 1. The Balaban J connectivity index is 1.29. The molecule has 0 bridgehead atoms. The molecule has 2 aliphatic heterocycles. The number of hydrogen-bond acceptors (Lipinski definition) is 8. The summed E-state index contributed by atoms with van der Waals surface area (Å²) >= 11 is 0. The Hall–Kier alpha value is -3.52. The Labute approximate surface area is 214 Å². The van der Waals surface area contributed by atoms with Crippen molar-refractivity contribution in [2.45, 2.75) is 43.8 Å². The summed E-state index contributed by atoms with van der Waals surface area (Å²) in [6.45, 7) is 2.39. The summed E-state index contributed by atoms with van der Waals surface area (Å²) in [5.41, 5.74) is 2.45. The van der Waals surface area contributed by atoms with Gasteiger partial charge in [-0.3, -0.25) is 4.90 Å². The Bertz CT molecular complexity index is 1490. The zero-order valence-electron chi connectivity index (χ0n) is 20.7. The highest BCUT2D eigenvalue weighted by Gasteiger charge is 2.51. The highest BCUT2D eigenvalue weighted by atomic mass is 19.3. The second-order valence-electron chi connectivity index (χ2n) is 9.99. The molecule has 14 heteroatoms. The fourth-order valence-corrected chi connectivity index (χ4v) is 5.14. The van der Waals surface area contributed by atoms with Crippen molar-refractivity contribution in [3.63, 3.8) is 0 Å². The lowest BCUT2D eigenvalue weighted by Gasteiger charge is -2.51. The lowest BCUT2D eigenvalue weighted by Crippen LogP contribution is -2.67. The molecule has 0 radical (unpaired) electrons. The van der Waals surface area contributed by atoms with Crippen LogP contribution in [0.25, 0.3) is 27.7 Å². The number of piperidine rings is 1. The first-order valence-corrected chi connectivity index (χ1v) is 12.2. The standard InChI is InChI=1S/C24H26F4N8O2/c1-23(12-38-13-23)34-7-6-18(24(27,28)11-34)29-22-30-21(37-2)20-15(5-8-35(20)32-22)14-3-4-16-17(9-14)36(33-31-16)10-19(25)26/h3-5,8-9,18-19H,6-7,10-13H2,1-2H3,(H,29,32). The number of alkyl halides is 4. The summed E-state index contributed by atoms with van der Waals surface area (Å²) in [5, 5.41) is 15.0. The largest absolute Gasteiger partial charge is 0.479 e. The highest BCUT2D eigenvalue weighted by Crippen LogP contribution is 2.37. The van der Waals surface area contributed by atoms with Gasteiger partial charge in [0.15, 0.2) is 0 Å². The zero-order chi connectivity index (χ0) is 26.7. The van der Waals surface area contributed by atoms with Crippen LogP contribution in [0.3, 0.4) is 0 Å². The third-order valence-electron chi connectivity index (χ3n) is 7.30. The lowest BCUT2D eigenvalue weighted by atomic mass is 9.91. The van der Waals surface area contributed by atoms with Gasteiger partial charge in [-0.25, -0.2) is 26.8 Å². The van der Waals surface area contributed by atoms with Gasteiger partial charge in [-0.2, -0.15) is 4.98 Å². The fraction of sp³-hybridized carbons (Fsp3) is 0.500. The predicted octanol–water partition coefficient (Wildman–Crippen LogP) is 3.33. The van der Waals surface area contributed by atoms with Crippen LogP contribution in [0.2, 0.25) is 0 Å². The molecule has 1 atom stereocenters. The minimum Gasteiger partial charge on any atom is -0.479 e. The van der Waals surface area contributed by atoms with Gasteiger partial charge in [0.1, 0.15) is 17.6 Å². The first-order chi connectivity index (χ1) is 18.2. The van der Waals surface area contributed by atoms with Crippen molar-refractivity contribution >= 4 is 22.5 Å². The minimum absolute atomic E-state index is 0.0162. The van der Waals surface area contributed by atoms with Gasteiger partial charge in [-0.15, -0.1) is 10.2 Å². The highest BCUT2D eigenvalue weighted by molar-refractivity contribution is 5.89. The first kappa shape index (κ1) is 24.8. The van der Waals surface area contributed by atoms with Gasteiger partial charge in [0.05, 0.1) is 44.0 Å². The van der Waals surface area contributed by atoms with E-state index in [1.165, 1.54) is 11.6 Å². The molecule has 2 fully saturated rings. The quantitative estimate of drug-likeness (QED) is 0.361. The summed E-state index contributed by atoms with van der Waals surface area (Å²) < 4.78 is 69.6. The van der Waals surface area contributed by atoms with Gasteiger partial charge >= 0.3 is 0 Å². The molecule has 0 saturated carbocycles. The van der Waals surface area contributed by atoms with E-state index in [2.05, 4.69) is 25.7 Å². The van der Waals surface area contributed by atoms with Crippen molar-refractivity contribution in [3.05, 3.63) is 30.5 Å². The number of aromatic nitrogens is 6. The van der Waals surface area contributed by atoms with E-state index in [1.807, 2.05) is 6.92 Å². The van der Waals surface area contributed by atoms with Crippen molar-refractivity contribution in [1.82, 2.24) is 34.5 Å². The van der Waals surface area contributed by atoms with Crippen LogP contribution in [0, 0.1) is 0 Å². The Morgan fingerprint density at radius 1 is 1.24 bits per heavy atom. The van der Waals surface area contributed by atoms with Crippen molar-refractivity contribution in [2.75, 3.05) is 38.7 Å². The van der Waals surface area contributed by atoms with E-state index in [9.17, 15) is 8.78 Å². The Kier molecular flexibility index (Phi) is 5.90. The number of ether oxygens (including phenoxy) is 2. The molecule has 6 rings (SSSR count). The second-order valence-corrected chi connectivity index (χ2v) is 9.99. The topological polar surface area (TPSA) is 94.6 Å². The molecule has 0 amide bonds. The maximum Gasteiger partial charge on any atom is 0.280 e. The Morgan fingerprint density at radius 2 is 2.05 bits per heavy atom. The molecule has 4 aromatic rings. The van der Waals surface area contributed by atoms with Crippen LogP contribution < -0.4 is 10.1 Å². The summed E-state index contributed by atoms with van der Waals surface area (Å²) in [6, 6.07) is 5.81. The summed E-state index contributed by atoms with van der Waals surface area (Å²) in [5.74, 6) is -2.81. The second kappa shape index (κ2) is 9.05. The number of hydrogen-bond donors (Lipinski definition) is 1. The number of benzene rings is 1. The van der Waals surface area contributed by atoms with E-state index in [-0.39, 0.29) is 30.3 Å². The third kappa shape index (κ3) is 4.21. The van der Waals surface area contributed by atoms with Gasteiger partial charge < -0.3 is 14.8 Å². The van der Waals surface area contributed by atoms with E-state index >= 15 is 8.78 Å². The summed E-state index contributed by atoms with van der Waals surface area (Å²) in [6.07, 6.45) is -0.700. The molecule has 38 heavy (non-hydrogen) atoms. The molecule has 0 spiro atoms. The number of anilines is 1. The van der Waals surface area contributed by atoms with E-state index in [0.717, 1.165) is 4.68 Å². The molecule has 0 aliphatic carbocycles. The van der Waals surface area contributed by atoms with Crippen LogP contribution in [0.15, 0.2) is 30.5 Å². The van der Waals surface area contributed by atoms with Gasteiger partial charge in [0.2, 0.25) is 11.8 Å². The third-order valence-corrected chi connectivity index (χ3v) is 7.30. The molecule has 3 aromatic heterocycles. The maximum absolute atomic E-state index is 15.1. The van der Waals surface area contributed by atoms with Crippen LogP contribution in [-0.2, 0) is 11.3 Å². The molecule has 202 valence electrons. The van der Waals surface area contributed by atoms with Gasteiger partial charge in [-0.1, -0.05) is 11.3 Å².